The molecule has 0 N–H and O–H groups in total. The van der Waals surface area contributed by atoms with Crippen molar-refractivity contribution in [3.05, 3.63) is 0 Å². The fraction of sp³-hybridized carbons (Fsp3) is 0. The summed E-state index contributed by atoms with van der Waals surface area (Å²) in [6.45, 7) is 0. The average molecular weight is 234 g/mol. The molecule has 0 nitrogen and oxygen atoms in total. The van der Waals surface area contributed by atoms with Gasteiger partial charge in [-0.05, 0) is 0 Å². The Bertz CT molecular complexity index is 28.5. The molecule has 36 valence electrons. The molecule has 0 radical (unpaired) electrons. The molecule has 0 bridgehead atoms. The van der Waals surface area contributed by atoms with Crippen LogP contribution in [0.25, 0.3) is 0 Å². The van der Waals surface area contributed by atoms with E-state index in [4.69, 9.17) is 0 Å². The molecule has 0 aromatic rings. The van der Waals surface area contributed by atoms with E-state index in [9.17, 15) is 10.6 Å². The second kappa shape index (κ2) is 16.0. The molecule has 0 aliphatic heterocycles. The van der Waals surface area contributed by atoms with Gasteiger partial charge in [-0.25, -0.2) is 0 Å². The molecule has 0 spiro atoms. The second-order valence-electron chi connectivity index (χ2n) is 0.247. The Balaban J connectivity index is -0.00000000300. The first-order valence-corrected chi connectivity index (χ1v) is 1.96. The fourth-order valence-corrected chi connectivity index (χ4v) is 0. The Labute approximate surface area is 110 Å². The minimum Gasteiger partial charge on any atom is -1.00 e. The van der Waals surface area contributed by atoms with E-state index in [0.29, 0.717) is 0 Å². The summed E-state index contributed by atoms with van der Waals surface area (Å²) in [5.74, 6) is 0. The Morgan fingerprint density at radius 2 is 1.14 bits per heavy atom. The molecule has 0 aliphatic carbocycles. The SMILES string of the molecule is [Cr].[F][Al]([F])[F].[H-].[H-].[H-].[Li+].[Sr+2]. The van der Waals surface area contributed by atoms with E-state index in [1.807, 2.05) is 0 Å². The predicted octanol–water partition coefficient (Wildman–Crippen LogP) is -2.16. The fourth-order valence-electron chi connectivity index (χ4n) is 0. The van der Waals surface area contributed by atoms with Gasteiger partial charge in [-0.1, -0.05) is 0 Å². The smallest absolute Gasteiger partial charge is 1.00 e. The minimum absolute atomic E-state index is 0. The zero-order valence-electron chi connectivity index (χ0n) is 6.83. The van der Waals surface area contributed by atoms with Crippen molar-refractivity contribution in [3.63, 3.8) is 0 Å². The van der Waals surface area contributed by atoms with Crippen molar-refractivity contribution < 1.29 is 51.1 Å². The van der Waals surface area contributed by atoms with Crippen LogP contribution in [-0.2, 0) is 17.4 Å². The zero-order valence-corrected chi connectivity index (χ0v) is 9.73. The Morgan fingerprint density at radius 1 is 1.14 bits per heavy atom. The Kier molecular flexibility index (Phi) is 51.4. The first-order chi connectivity index (χ1) is 1.73. The van der Waals surface area contributed by atoms with E-state index < -0.39 is 15.5 Å². The number of hydrogen-bond donors (Lipinski definition) is 0. The first-order valence-electron chi connectivity index (χ1n) is 0.655. The molecule has 0 saturated carbocycles. The molecule has 0 rings (SSSR count). The van der Waals surface area contributed by atoms with Gasteiger partial charge in [0.25, 0.3) is 0 Å². The van der Waals surface area contributed by atoms with Crippen LogP contribution in [-0.4, -0.2) is 61.0 Å². The van der Waals surface area contributed by atoms with Crippen molar-refractivity contribution in [2.75, 3.05) is 0 Å². The van der Waals surface area contributed by atoms with Crippen LogP contribution in [0.5, 0.6) is 0 Å². The summed E-state index contributed by atoms with van der Waals surface area (Å²) in [6, 6.07) is 0. The second-order valence-corrected chi connectivity index (χ2v) is 0.742. The summed E-state index contributed by atoms with van der Waals surface area (Å²) in [5.41, 5.74) is 0. The maximum Gasteiger partial charge on any atom is 2.00 e. The normalized spacial score (nSPS) is 3.86. The average Bonchev–Trinajstić information content (AvgIpc) is 0.811. The van der Waals surface area contributed by atoms with Crippen LogP contribution in [0.4, 0.5) is 10.6 Å². The van der Waals surface area contributed by atoms with E-state index in [0.717, 1.165) is 0 Å². The summed E-state index contributed by atoms with van der Waals surface area (Å²) >= 11 is -4.64. The van der Waals surface area contributed by atoms with Gasteiger partial charge in [0.15, 0.2) is 0 Å². The molecular formula is H3AlCrF3LiSr. The molecule has 0 atom stereocenters. The molecule has 0 aliphatic rings. The van der Waals surface area contributed by atoms with Crippen LogP contribution in [0.3, 0.4) is 0 Å². The minimum atomic E-state index is -4.64. The summed E-state index contributed by atoms with van der Waals surface area (Å²) in [6.07, 6.45) is 0. The van der Waals surface area contributed by atoms with Crippen LogP contribution < -0.4 is 18.9 Å². The summed E-state index contributed by atoms with van der Waals surface area (Å²) in [7, 11) is 0. The molecule has 7 heavy (non-hydrogen) atoms. The van der Waals surface area contributed by atoms with Crippen LogP contribution in [0, 0.1) is 0 Å². The van der Waals surface area contributed by atoms with Crippen molar-refractivity contribution in [1.29, 1.82) is 0 Å². The van der Waals surface area contributed by atoms with Crippen molar-refractivity contribution in [2.24, 2.45) is 0 Å². The molecule has 0 heterocycles. The van der Waals surface area contributed by atoms with Crippen LogP contribution >= 0.6 is 0 Å². The number of hydrogen-bond acceptors (Lipinski definition) is 0. The van der Waals surface area contributed by atoms with Crippen LogP contribution in [0.2, 0.25) is 0 Å². The summed E-state index contributed by atoms with van der Waals surface area (Å²) < 4.78 is 29.4. The quantitative estimate of drug-likeness (QED) is 0.418. The summed E-state index contributed by atoms with van der Waals surface area (Å²) in [4.78, 5) is 0. The Morgan fingerprint density at radius 3 is 1.14 bits per heavy atom. The van der Waals surface area contributed by atoms with E-state index >= 15 is 0 Å². The number of halogens is 3. The van der Waals surface area contributed by atoms with Gasteiger partial charge in [-0.3, -0.25) is 0 Å². The third-order valence-electron chi connectivity index (χ3n) is 0. The maximum atomic E-state index is 9.81. The molecule has 0 fully saturated rings. The van der Waals surface area contributed by atoms with E-state index in [2.05, 4.69) is 0 Å². The molecule has 0 aromatic heterocycles. The number of rotatable bonds is 0. The van der Waals surface area contributed by atoms with Gasteiger partial charge in [0.2, 0.25) is 0 Å². The largest absolute Gasteiger partial charge is 2.00 e. The van der Waals surface area contributed by atoms with Crippen LogP contribution in [0.15, 0.2) is 0 Å². The van der Waals surface area contributed by atoms with Gasteiger partial charge in [-0.15, -0.1) is 0 Å². The van der Waals surface area contributed by atoms with Crippen LogP contribution in [0.1, 0.15) is 4.28 Å². The predicted molar refractivity (Wildman–Crippen MR) is 18.2 cm³/mol. The maximum absolute atomic E-state index is 9.81. The van der Waals surface area contributed by atoms with Crippen molar-refractivity contribution in [1.82, 2.24) is 0 Å². The molecule has 0 aromatic carbocycles. The van der Waals surface area contributed by atoms with Crippen molar-refractivity contribution in [3.8, 4) is 0 Å². The third kappa shape index (κ3) is 49.9. The first kappa shape index (κ1) is 22.5. The molecule has 7 heteroatoms. The summed E-state index contributed by atoms with van der Waals surface area (Å²) in [5, 5.41) is 0. The topological polar surface area (TPSA) is 0 Å². The van der Waals surface area contributed by atoms with E-state index in [1.165, 1.54) is 0 Å². The van der Waals surface area contributed by atoms with Gasteiger partial charge in [0.05, 0.1) is 0 Å². The monoisotopic (exact) mass is 234 g/mol. The third-order valence-corrected chi connectivity index (χ3v) is 0. The molecule has 0 amide bonds. The van der Waals surface area contributed by atoms with Crippen molar-refractivity contribution in [2.45, 2.75) is 0 Å². The van der Waals surface area contributed by atoms with Crippen molar-refractivity contribution >= 4 is 61.0 Å². The molecular weight excluding hydrogens is 231 g/mol. The van der Waals surface area contributed by atoms with Gasteiger partial charge in [0, 0.05) is 17.4 Å². The molecule has 0 saturated heterocycles. The Hall–Kier alpha value is 2.93. The standard InChI is InChI=1S/Al.Cr.3FH.Li.Sr.3H/h;;3*1H;;;;;/q+3;;;;;+1;+2;3*-1/p-3. The zero-order chi connectivity index (χ0) is 3.58. The van der Waals surface area contributed by atoms with Gasteiger partial charge in [0.1, 0.15) is 0 Å². The van der Waals surface area contributed by atoms with E-state index in [-0.39, 0.29) is 86.0 Å². The van der Waals surface area contributed by atoms with Gasteiger partial charge >= 0.3 is 79.9 Å². The van der Waals surface area contributed by atoms with Gasteiger partial charge < -0.3 is 14.9 Å². The van der Waals surface area contributed by atoms with E-state index in [1.54, 1.807) is 0 Å². The molecule has 0 unspecified atom stereocenters. The van der Waals surface area contributed by atoms with Gasteiger partial charge in [-0.2, -0.15) is 0 Å².